The fourth-order valence-electron chi connectivity index (χ4n) is 2.62. The lowest BCUT2D eigenvalue weighted by molar-refractivity contribution is -0.108. The van der Waals surface area contributed by atoms with Gasteiger partial charge in [0.15, 0.2) is 0 Å². The third kappa shape index (κ3) is 2.74. The average molecular weight is 255 g/mol. The molecule has 1 aromatic heterocycles. The Morgan fingerprint density at radius 3 is 3.26 bits per heavy atom. The molecule has 1 N–H and O–H groups in total. The van der Waals surface area contributed by atoms with Gasteiger partial charge in [0.1, 0.15) is 6.29 Å². The maximum Gasteiger partial charge on any atom is 0.133 e. The number of anilines is 1. The van der Waals surface area contributed by atoms with Gasteiger partial charge in [-0.05, 0) is 30.7 Å². The molecular formula is C15H17N3O. The van der Waals surface area contributed by atoms with Crippen LogP contribution in [0.2, 0.25) is 0 Å². The van der Waals surface area contributed by atoms with Crippen LogP contribution in [0.3, 0.4) is 0 Å². The van der Waals surface area contributed by atoms with Crippen molar-refractivity contribution >= 4 is 22.9 Å². The van der Waals surface area contributed by atoms with Crippen LogP contribution in [-0.2, 0) is 4.79 Å². The molecule has 1 aromatic carbocycles. The van der Waals surface area contributed by atoms with Crippen molar-refractivity contribution in [3.8, 4) is 0 Å². The highest BCUT2D eigenvalue weighted by Crippen LogP contribution is 2.20. The number of nitrogens with one attached hydrogen (secondary N) is 1. The molecule has 0 spiro atoms. The van der Waals surface area contributed by atoms with E-state index in [4.69, 9.17) is 0 Å². The molecule has 4 heteroatoms. The number of carbonyl (C=O) groups is 1. The molecule has 1 aliphatic heterocycles. The molecule has 1 saturated heterocycles. The van der Waals surface area contributed by atoms with E-state index in [1.165, 1.54) is 0 Å². The zero-order valence-electron chi connectivity index (χ0n) is 10.7. The Balaban J connectivity index is 1.70. The first-order chi connectivity index (χ1) is 9.35. The van der Waals surface area contributed by atoms with Gasteiger partial charge in [-0.1, -0.05) is 6.07 Å². The normalized spacial score (nSPS) is 19.7. The van der Waals surface area contributed by atoms with E-state index in [9.17, 15) is 4.79 Å². The van der Waals surface area contributed by atoms with E-state index < -0.39 is 0 Å². The van der Waals surface area contributed by atoms with Crippen LogP contribution < -0.4 is 5.32 Å². The molecule has 2 aromatic rings. The summed E-state index contributed by atoms with van der Waals surface area (Å²) in [5.74, 6) is 0. The molecule has 1 atom stereocenters. The first-order valence-corrected chi connectivity index (χ1v) is 6.62. The molecule has 1 aliphatic rings. The summed E-state index contributed by atoms with van der Waals surface area (Å²) in [5.41, 5.74) is 2.14. The number of pyridine rings is 1. The van der Waals surface area contributed by atoms with Gasteiger partial charge in [0, 0.05) is 36.4 Å². The monoisotopic (exact) mass is 255 g/mol. The van der Waals surface area contributed by atoms with Crippen molar-refractivity contribution < 1.29 is 4.79 Å². The van der Waals surface area contributed by atoms with E-state index in [1.807, 2.05) is 18.3 Å². The lowest BCUT2D eigenvalue weighted by Crippen LogP contribution is -2.27. The predicted octanol–water partition coefficient (Wildman–Crippen LogP) is 1.92. The van der Waals surface area contributed by atoms with Gasteiger partial charge in [0.2, 0.25) is 0 Å². The molecule has 3 rings (SSSR count). The smallest absolute Gasteiger partial charge is 0.133 e. The van der Waals surface area contributed by atoms with E-state index in [0.29, 0.717) is 12.6 Å². The van der Waals surface area contributed by atoms with Crippen molar-refractivity contribution in [1.29, 1.82) is 0 Å². The quantitative estimate of drug-likeness (QED) is 0.848. The maximum absolute atomic E-state index is 10.5. The Hall–Kier alpha value is -1.94. The van der Waals surface area contributed by atoms with E-state index in [2.05, 4.69) is 33.4 Å². The molecule has 2 heterocycles. The number of aldehydes is 1. The van der Waals surface area contributed by atoms with Gasteiger partial charge in [-0.3, -0.25) is 9.88 Å². The molecule has 0 saturated carbocycles. The summed E-state index contributed by atoms with van der Waals surface area (Å²) in [5, 5.41) is 4.68. The van der Waals surface area contributed by atoms with Gasteiger partial charge >= 0.3 is 0 Å². The van der Waals surface area contributed by atoms with E-state index in [1.54, 1.807) is 0 Å². The van der Waals surface area contributed by atoms with Gasteiger partial charge in [-0.25, -0.2) is 0 Å². The van der Waals surface area contributed by atoms with E-state index in [0.717, 1.165) is 42.4 Å². The predicted molar refractivity (Wildman–Crippen MR) is 76.3 cm³/mol. The molecule has 1 fully saturated rings. The number of nitrogens with zero attached hydrogens (tertiary/aromatic N) is 2. The number of hydrogen-bond acceptors (Lipinski definition) is 4. The number of fused-ring (bicyclic) bond motifs is 1. The van der Waals surface area contributed by atoms with Crippen LogP contribution in [0.4, 0.5) is 5.69 Å². The summed E-state index contributed by atoms with van der Waals surface area (Å²) in [4.78, 5) is 17.0. The van der Waals surface area contributed by atoms with Gasteiger partial charge in [-0.2, -0.15) is 0 Å². The highest BCUT2D eigenvalue weighted by atomic mass is 16.1. The minimum atomic E-state index is 0.425. The molecule has 0 amide bonds. The second kappa shape index (κ2) is 5.36. The Morgan fingerprint density at radius 2 is 2.37 bits per heavy atom. The molecular weight excluding hydrogens is 238 g/mol. The van der Waals surface area contributed by atoms with Crippen LogP contribution in [-0.4, -0.2) is 41.8 Å². The number of aromatic nitrogens is 1. The third-order valence-electron chi connectivity index (χ3n) is 3.58. The van der Waals surface area contributed by atoms with Gasteiger partial charge in [0.05, 0.1) is 12.1 Å². The second-order valence-corrected chi connectivity index (χ2v) is 4.97. The highest BCUT2D eigenvalue weighted by molar-refractivity contribution is 5.82. The minimum absolute atomic E-state index is 0.425. The fraction of sp³-hybridized carbons (Fsp3) is 0.333. The molecule has 4 nitrogen and oxygen atoms in total. The van der Waals surface area contributed by atoms with E-state index in [-0.39, 0.29) is 0 Å². The molecule has 0 bridgehead atoms. The Bertz CT molecular complexity index is 584. The molecule has 98 valence electrons. The summed E-state index contributed by atoms with van der Waals surface area (Å²) in [6.45, 7) is 2.47. The van der Waals surface area contributed by atoms with E-state index >= 15 is 0 Å². The largest absolute Gasteiger partial charge is 0.381 e. The summed E-state index contributed by atoms with van der Waals surface area (Å²) in [6, 6.07) is 10.7. The summed E-state index contributed by atoms with van der Waals surface area (Å²) < 4.78 is 0. The third-order valence-corrected chi connectivity index (χ3v) is 3.58. The first-order valence-electron chi connectivity index (χ1n) is 6.62. The second-order valence-electron chi connectivity index (χ2n) is 4.97. The maximum atomic E-state index is 10.5. The van der Waals surface area contributed by atoms with Gasteiger partial charge in [-0.15, -0.1) is 0 Å². The Kier molecular flexibility index (Phi) is 3.42. The van der Waals surface area contributed by atoms with Crippen LogP contribution >= 0.6 is 0 Å². The summed E-state index contributed by atoms with van der Waals surface area (Å²) in [6.07, 6.45) is 3.87. The van der Waals surface area contributed by atoms with Crippen LogP contribution in [0, 0.1) is 0 Å². The average Bonchev–Trinajstić information content (AvgIpc) is 2.86. The minimum Gasteiger partial charge on any atom is -0.381 e. The molecule has 0 aliphatic carbocycles. The van der Waals surface area contributed by atoms with Crippen LogP contribution in [0.1, 0.15) is 6.42 Å². The number of likely N-dealkylation sites (tertiary alicyclic amines) is 1. The number of carbonyl (C=O) groups excluding carboxylic acids is 1. The number of hydrogen-bond donors (Lipinski definition) is 1. The summed E-state index contributed by atoms with van der Waals surface area (Å²) >= 11 is 0. The molecule has 19 heavy (non-hydrogen) atoms. The topological polar surface area (TPSA) is 45.2 Å². The number of benzene rings is 1. The lowest BCUT2D eigenvalue weighted by atomic mass is 10.2. The first kappa shape index (κ1) is 12.1. The zero-order chi connectivity index (χ0) is 13.1. The van der Waals surface area contributed by atoms with Gasteiger partial charge in [0.25, 0.3) is 0 Å². The van der Waals surface area contributed by atoms with Crippen LogP contribution in [0.5, 0.6) is 0 Å². The molecule has 0 unspecified atom stereocenters. The van der Waals surface area contributed by atoms with Crippen molar-refractivity contribution in [2.24, 2.45) is 0 Å². The van der Waals surface area contributed by atoms with Crippen molar-refractivity contribution in [2.75, 3.05) is 25.0 Å². The van der Waals surface area contributed by atoms with Crippen molar-refractivity contribution in [1.82, 2.24) is 9.88 Å². The summed E-state index contributed by atoms with van der Waals surface area (Å²) in [7, 11) is 0. The Labute approximate surface area is 112 Å². The van der Waals surface area contributed by atoms with Crippen LogP contribution in [0.15, 0.2) is 36.5 Å². The zero-order valence-corrected chi connectivity index (χ0v) is 10.7. The highest BCUT2D eigenvalue weighted by Gasteiger charge is 2.21. The van der Waals surface area contributed by atoms with Gasteiger partial charge < -0.3 is 10.1 Å². The standard InChI is InChI=1S/C15H17N3O/c19-9-8-18-7-5-14(11-18)17-13-3-4-15-12(10-13)2-1-6-16-15/h1-4,6,9-10,14,17H,5,7-8,11H2/t14-/m0/s1. The lowest BCUT2D eigenvalue weighted by Gasteiger charge is -2.15. The fourth-order valence-corrected chi connectivity index (χ4v) is 2.62. The SMILES string of the molecule is O=CCN1CC[C@H](Nc2ccc3ncccc3c2)C1. The number of rotatable bonds is 4. The molecule has 0 radical (unpaired) electrons. The van der Waals surface area contributed by atoms with Crippen LogP contribution in [0.25, 0.3) is 10.9 Å². The van der Waals surface area contributed by atoms with Crippen molar-refractivity contribution in [3.05, 3.63) is 36.5 Å². The van der Waals surface area contributed by atoms with Crippen molar-refractivity contribution in [3.63, 3.8) is 0 Å². The Morgan fingerprint density at radius 1 is 1.42 bits per heavy atom. The van der Waals surface area contributed by atoms with Crippen molar-refractivity contribution in [2.45, 2.75) is 12.5 Å².